The van der Waals surface area contributed by atoms with E-state index in [9.17, 15) is 18.0 Å². The van der Waals surface area contributed by atoms with Crippen molar-refractivity contribution in [1.82, 2.24) is 0 Å². The van der Waals surface area contributed by atoms with Crippen LogP contribution in [-0.4, -0.2) is 40.6 Å². The standard InChI is InChI=1S/C19H21ClN2O6S/c1-4-28-19(24)12-22(17-11-14(20)5-10-18(17)27-3)29(25,26)16-8-6-15(7-9-16)21-13(2)23/h5-11H,4,12H2,1-3H3,(H,21,23). The number of anilines is 2. The van der Waals surface area contributed by atoms with Crippen LogP contribution in [0.5, 0.6) is 5.75 Å². The highest BCUT2D eigenvalue weighted by Gasteiger charge is 2.30. The number of carbonyl (C=O) groups is 2. The van der Waals surface area contributed by atoms with Gasteiger partial charge in [0.15, 0.2) is 0 Å². The van der Waals surface area contributed by atoms with Gasteiger partial charge in [0, 0.05) is 17.6 Å². The Morgan fingerprint density at radius 2 is 1.79 bits per heavy atom. The zero-order chi connectivity index (χ0) is 21.6. The fourth-order valence-electron chi connectivity index (χ4n) is 2.52. The number of nitrogens with zero attached hydrogens (tertiary/aromatic N) is 1. The lowest BCUT2D eigenvalue weighted by Crippen LogP contribution is -2.37. The molecule has 29 heavy (non-hydrogen) atoms. The Labute approximate surface area is 174 Å². The van der Waals surface area contributed by atoms with Crippen LogP contribution in [0.4, 0.5) is 11.4 Å². The maximum atomic E-state index is 13.3. The van der Waals surface area contributed by atoms with Crippen molar-refractivity contribution in [3.05, 3.63) is 47.5 Å². The molecule has 0 aromatic heterocycles. The predicted molar refractivity (Wildman–Crippen MR) is 110 cm³/mol. The number of carbonyl (C=O) groups excluding carboxylic acids is 2. The average Bonchev–Trinajstić information content (AvgIpc) is 2.66. The normalized spacial score (nSPS) is 10.9. The molecule has 1 amide bonds. The van der Waals surface area contributed by atoms with Gasteiger partial charge in [-0.3, -0.25) is 13.9 Å². The van der Waals surface area contributed by atoms with Crippen LogP contribution in [0.15, 0.2) is 47.4 Å². The fraction of sp³-hybridized carbons (Fsp3) is 0.263. The summed E-state index contributed by atoms with van der Waals surface area (Å²) < 4.78 is 37.7. The van der Waals surface area contributed by atoms with Gasteiger partial charge in [-0.15, -0.1) is 0 Å². The van der Waals surface area contributed by atoms with Gasteiger partial charge < -0.3 is 14.8 Å². The van der Waals surface area contributed by atoms with Gasteiger partial charge in [0.05, 0.1) is 24.3 Å². The number of sulfonamides is 1. The van der Waals surface area contributed by atoms with E-state index in [0.29, 0.717) is 5.69 Å². The molecule has 0 atom stereocenters. The Kier molecular flexibility index (Phi) is 7.46. The van der Waals surface area contributed by atoms with Gasteiger partial charge >= 0.3 is 5.97 Å². The summed E-state index contributed by atoms with van der Waals surface area (Å²) in [6.45, 7) is 2.50. The van der Waals surface area contributed by atoms with Gasteiger partial charge in [-0.05, 0) is 49.4 Å². The van der Waals surface area contributed by atoms with Crippen LogP contribution in [0.25, 0.3) is 0 Å². The van der Waals surface area contributed by atoms with Gasteiger partial charge in [-0.25, -0.2) is 8.42 Å². The molecule has 10 heteroatoms. The SMILES string of the molecule is CCOC(=O)CN(c1cc(Cl)ccc1OC)S(=O)(=O)c1ccc(NC(C)=O)cc1. The number of methoxy groups -OCH3 is 1. The number of nitrogens with one attached hydrogen (secondary N) is 1. The third-order valence-corrected chi connectivity index (χ3v) is 5.76. The Bertz CT molecular complexity index is 992. The number of amides is 1. The summed E-state index contributed by atoms with van der Waals surface area (Å²) in [5.41, 5.74) is 0.535. The van der Waals surface area contributed by atoms with Crippen LogP contribution in [0, 0.1) is 0 Å². The van der Waals surface area contributed by atoms with Crippen molar-refractivity contribution in [2.24, 2.45) is 0 Å². The molecule has 0 aliphatic heterocycles. The van der Waals surface area contributed by atoms with Gasteiger partial charge in [0.25, 0.3) is 10.0 Å². The van der Waals surface area contributed by atoms with Crippen molar-refractivity contribution in [1.29, 1.82) is 0 Å². The van der Waals surface area contributed by atoms with E-state index in [2.05, 4.69) is 5.32 Å². The summed E-state index contributed by atoms with van der Waals surface area (Å²) in [6, 6.07) is 10.00. The zero-order valence-electron chi connectivity index (χ0n) is 16.1. The van der Waals surface area contributed by atoms with Gasteiger partial charge in [-0.2, -0.15) is 0 Å². The highest BCUT2D eigenvalue weighted by atomic mass is 35.5. The summed E-state index contributed by atoms with van der Waals surface area (Å²) in [6.07, 6.45) is 0. The lowest BCUT2D eigenvalue weighted by molar-refractivity contribution is -0.141. The number of esters is 1. The Balaban J connectivity index is 2.53. The number of rotatable bonds is 8. The van der Waals surface area contributed by atoms with Crippen molar-refractivity contribution >= 4 is 44.9 Å². The second kappa shape index (κ2) is 9.62. The molecule has 0 heterocycles. The molecular weight excluding hydrogens is 420 g/mol. The first kappa shape index (κ1) is 22.5. The first-order valence-electron chi connectivity index (χ1n) is 8.58. The largest absolute Gasteiger partial charge is 0.495 e. The van der Waals surface area contributed by atoms with Crippen LogP contribution in [0.2, 0.25) is 5.02 Å². The van der Waals surface area contributed by atoms with Crippen molar-refractivity contribution in [3.8, 4) is 5.75 Å². The maximum absolute atomic E-state index is 13.3. The molecule has 0 fully saturated rings. The monoisotopic (exact) mass is 440 g/mol. The summed E-state index contributed by atoms with van der Waals surface area (Å²) in [5.74, 6) is -0.793. The molecule has 0 radical (unpaired) electrons. The predicted octanol–water partition coefficient (Wildman–Crippen LogP) is 3.07. The van der Waals surface area contributed by atoms with E-state index < -0.39 is 22.5 Å². The number of ether oxygens (including phenoxy) is 2. The minimum Gasteiger partial charge on any atom is -0.495 e. The van der Waals surface area contributed by atoms with E-state index in [4.69, 9.17) is 21.1 Å². The van der Waals surface area contributed by atoms with E-state index in [0.717, 1.165) is 4.31 Å². The highest BCUT2D eigenvalue weighted by Crippen LogP contribution is 2.35. The lowest BCUT2D eigenvalue weighted by atomic mass is 10.3. The van der Waals surface area contributed by atoms with Crippen molar-refractivity contribution in [3.63, 3.8) is 0 Å². The summed E-state index contributed by atoms with van der Waals surface area (Å²) >= 11 is 6.05. The van der Waals surface area contributed by atoms with Crippen molar-refractivity contribution in [2.45, 2.75) is 18.7 Å². The molecule has 2 aromatic rings. The van der Waals surface area contributed by atoms with Crippen molar-refractivity contribution in [2.75, 3.05) is 29.9 Å². The van der Waals surface area contributed by atoms with Crippen LogP contribution < -0.4 is 14.4 Å². The lowest BCUT2D eigenvalue weighted by Gasteiger charge is -2.25. The smallest absolute Gasteiger partial charge is 0.326 e. The number of hydrogen-bond acceptors (Lipinski definition) is 6. The topological polar surface area (TPSA) is 102 Å². The molecule has 156 valence electrons. The van der Waals surface area contributed by atoms with Crippen LogP contribution >= 0.6 is 11.6 Å². The molecule has 0 aliphatic carbocycles. The molecule has 0 aliphatic rings. The second-order valence-corrected chi connectivity index (χ2v) is 8.14. The highest BCUT2D eigenvalue weighted by molar-refractivity contribution is 7.92. The quantitative estimate of drug-likeness (QED) is 0.633. The fourth-order valence-corrected chi connectivity index (χ4v) is 4.10. The van der Waals surface area contributed by atoms with Gasteiger partial charge in [-0.1, -0.05) is 11.6 Å². The minimum absolute atomic E-state index is 0.0853. The zero-order valence-corrected chi connectivity index (χ0v) is 17.7. The van der Waals surface area contributed by atoms with Crippen LogP contribution in [0.1, 0.15) is 13.8 Å². The average molecular weight is 441 g/mol. The molecule has 0 saturated carbocycles. The van der Waals surface area contributed by atoms with E-state index in [-0.39, 0.29) is 33.9 Å². The number of benzene rings is 2. The molecule has 1 N–H and O–H groups in total. The molecule has 8 nitrogen and oxygen atoms in total. The number of halogens is 1. The Morgan fingerprint density at radius 3 is 2.34 bits per heavy atom. The molecule has 0 bridgehead atoms. The molecule has 2 rings (SSSR count). The van der Waals surface area contributed by atoms with E-state index in [1.54, 1.807) is 13.0 Å². The van der Waals surface area contributed by atoms with Crippen LogP contribution in [-0.2, 0) is 24.3 Å². The molecule has 0 unspecified atom stereocenters. The van der Waals surface area contributed by atoms with Crippen LogP contribution in [0.3, 0.4) is 0 Å². The van der Waals surface area contributed by atoms with Crippen molar-refractivity contribution < 1.29 is 27.5 Å². The molecule has 2 aromatic carbocycles. The summed E-state index contributed by atoms with van der Waals surface area (Å²) in [4.78, 5) is 23.2. The van der Waals surface area contributed by atoms with E-state index >= 15 is 0 Å². The number of hydrogen-bond donors (Lipinski definition) is 1. The third-order valence-electron chi connectivity index (χ3n) is 3.75. The Morgan fingerprint density at radius 1 is 1.14 bits per heavy atom. The molecule has 0 spiro atoms. The minimum atomic E-state index is -4.18. The summed E-state index contributed by atoms with van der Waals surface area (Å²) in [5, 5.41) is 2.83. The third kappa shape index (κ3) is 5.61. The maximum Gasteiger partial charge on any atom is 0.326 e. The Hall–Kier alpha value is -2.78. The first-order valence-corrected chi connectivity index (χ1v) is 10.4. The first-order chi connectivity index (χ1) is 13.7. The van der Waals surface area contributed by atoms with E-state index in [1.807, 2.05) is 0 Å². The van der Waals surface area contributed by atoms with Gasteiger partial charge in [0.2, 0.25) is 5.91 Å². The summed E-state index contributed by atoms with van der Waals surface area (Å²) in [7, 11) is -2.80. The molecule has 0 saturated heterocycles. The van der Waals surface area contributed by atoms with Gasteiger partial charge in [0.1, 0.15) is 12.3 Å². The molecular formula is C19H21ClN2O6S. The second-order valence-electron chi connectivity index (χ2n) is 5.84. The van der Waals surface area contributed by atoms with E-state index in [1.165, 1.54) is 50.4 Å².